The molecule has 0 aliphatic rings. The molecule has 2 nitrogen and oxygen atoms in total. The Morgan fingerprint density at radius 3 is 2.00 bits per heavy atom. The van der Waals surface area contributed by atoms with Crippen molar-refractivity contribution < 1.29 is 26.3 Å². The first-order valence-electron chi connectivity index (χ1n) is 4.35. The molecule has 1 heterocycles. The van der Waals surface area contributed by atoms with Crippen LogP contribution in [0.2, 0.25) is 0 Å². The molecular weight excluding hydrogens is 250 g/mol. The third kappa shape index (κ3) is 4.01. The molecule has 1 aromatic heterocycles. The topological polar surface area (TPSA) is 39.6 Å². The van der Waals surface area contributed by atoms with E-state index in [4.69, 9.17) is 5.26 Å². The van der Waals surface area contributed by atoms with Gasteiger partial charge in [0.2, 0.25) is 0 Å². The van der Waals surface area contributed by atoms with Crippen LogP contribution in [0.3, 0.4) is 0 Å². The van der Waals surface area contributed by atoms with E-state index in [0.29, 0.717) is 0 Å². The molecule has 0 radical (unpaired) electrons. The van der Waals surface area contributed by atoms with Crippen LogP contribution in [-0.2, 0) is 12.8 Å². The van der Waals surface area contributed by atoms with Crippen molar-refractivity contribution in [3.8, 4) is 6.07 Å². The lowest BCUT2D eigenvalue weighted by Crippen LogP contribution is -2.14. The average Bonchev–Trinajstić information content (AvgIpc) is 2.41. The van der Waals surface area contributed by atoms with Crippen molar-refractivity contribution in [3.05, 3.63) is 23.0 Å². The molecule has 1 N–H and O–H groups in total. The molecule has 17 heavy (non-hydrogen) atoms. The second kappa shape index (κ2) is 4.31. The van der Waals surface area contributed by atoms with Gasteiger partial charge in [0.15, 0.2) is 0 Å². The maximum atomic E-state index is 12.1. The maximum Gasteiger partial charge on any atom is 0.394 e. The lowest BCUT2D eigenvalue weighted by atomic mass is 10.1. The minimum Gasteiger partial charge on any atom is -0.363 e. The molecule has 0 saturated carbocycles. The molecule has 8 heteroatoms. The normalized spacial score (nSPS) is 12.5. The number of hydrogen-bond donors (Lipinski definition) is 1. The zero-order chi connectivity index (χ0) is 13.3. The summed E-state index contributed by atoms with van der Waals surface area (Å²) in [7, 11) is 0. The average molecular weight is 256 g/mol. The van der Waals surface area contributed by atoms with Gasteiger partial charge in [-0.2, -0.15) is 31.6 Å². The largest absolute Gasteiger partial charge is 0.394 e. The lowest BCUT2D eigenvalue weighted by Gasteiger charge is -2.06. The van der Waals surface area contributed by atoms with Crippen LogP contribution in [0.1, 0.15) is 16.8 Å². The highest BCUT2D eigenvalue weighted by atomic mass is 19.4. The Balaban J connectivity index is 3.01. The van der Waals surface area contributed by atoms with E-state index < -0.39 is 42.0 Å². The highest BCUT2D eigenvalue weighted by Gasteiger charge is 2.33. The first-order chi connectivity index (χ1) is 7.62. The zero-order valence-electron chi connectivity index (χ0n) is 8.21. The molecule has 0 aliphatic carbocycles. The smallest absolute Gasteiger partial charge is 0.363 e. The fourth-order valence-corrected chi connectivity index (χ4v) is 1.35. The van der Waals surface area contributed by atoms with Gasteiger partial charge in [-0.1, -0.05) is 0 Å². The van der Waals surface area contributed by atoms with E-state index in [1.54, 1.807) is 0 Å². The molecule has 0 atom stereocenters. The molecule has 94 valence electrons. The van der Waals surface area contributed by atoms with Gasteiger partial charge in [-0.15, -0.1) is 0 Å². The first-order valence-corrected chi connectivity index (χ1v) is 4.35. The Kier molecular flexibility index (Phi) is 3.40. The summed E-state index contributed by atoms with van der Waals surface area (Å²) in [6.45, 7) is 0. The third-order valence-electron chi connectivity index (χ3n) is 1.92. The molecule has 0 saturated heterocycles. The minimum absolute atomic E-state index is 0.473. The number of hydrogen-bond acceptors (Lipinski definition) is 1. The molecule has 0 aromatic carbocycles. The van der Waals surface area contributed by atoms with Crippen molar-refractivity contribution >= 4 is 0 Å². The van der Waals surface area contributed by atoms with Gasteiger partial charge in [0.1, 0.15) is 6.07 Å². The molecule has 0 amide bonds. The molecule has 0 fully saturated rings. The second-order valence-corrected chi connectivity index (χ2v) is 3.36. The number of aromatic nitrogens is 1. The quantitative estimate of drug-likeness (QED) is 0.811. The van der Waals surface area contributed by atoms with Gasteiger partial charge in [0.25, 0.3) is 0 Å². The number of nitriles is 1. The molecule has 0 aliphatic heterocycles. The number of aromatic amines is 1. The Morgan fingerprint density at radius 2 is 1.59 bits per heavy atom. The number of alkyl halides is 6. The Labute approximate surface area is 91.9 Å². The fourth-order valence-electron chi connectivity index (χ4n) is 1.35. The molecular formula is C9H6F6N2. The molecule has 0 bridgehead atoms. The SMILES string of the molecule is N#Cc1c(CC(F)(F)F)c[nH]c1CC(F)(F)F. The maximum absolute atomic E-state index is 12.1. The zero-order valence-corrected chi connectivity index (χ0v) is 8.21. The van der Waals surface area contributed by atoms with Gasteiger partial charge in [0.05, 0.1) is 18.4 Å². The molecule has 0 spiro atoms. The van der Waals surface area contributed by atoms with Crippen molar-refractivity contribution in [2.75, 3.05) is 0 Å². The number of halogens is 6. The lowest BCUT2D eigenvalue weighted by molar-refractivity contribution is -0.127. The molecule has 1 aromatic rings. The second-order valence-electron chi connectivity index (χ2n) is 3.36. The van der Waals surface area contributed by atoms with Crippen LogP contribution in [0.5, 0.6) is 0 Å². The van der Waals surface area contributed by atoms with Gasteiger partial charge in [0, 0.05) is 11.9 Å². The van der Waals surface area contributed by atoms with Crippen LogP contribution < -0.4 is 0 Å². The van der Waals surface area contributed by atoms with Gasteiger partial charge >= 0.3 is 12.4 Å². The summed E-state index contributed by atoms with van der Waals surface area (Å²) in [5, 5.41) is 8.58. The minimum atomic E-state index is -4.58. The summed E-state index contributed by atoms with van der Waals surface area (Å²) in [6.07, 6.45) is -11.2. The number of nitrogens with one attached hydrogen (secondary N) is 1. The van der Waals surface area contributed by atoms with E-state index in [0.717, 1.165) is 6.20 Å². The Morgan fingerprint density at radius 1 is 1.06 bits per heavy atom. The van der Waals surface area contributed by atoms with Crippen LogP contribution in [0.25, 0.3) is 0 Å². The first kappa shape index (κ1) is 13.4. The van der Waals surface area contributed by atoms with E-state index in [9.17, 15) is 26.3 Å². The highest BCUT2D eigenvalue weighted by Crippen LogP contribution is 2.28. The summed E-state index contributed by atoms with van der Waals surface area (Å²) in [4.78, 5) is 2.06. The number of rotatable bonds is 2. The number of H-pyrrole nitrogens is 1. The van der Waals surface area contributed by atoms with Crippen LogP contribution in [0.4, 0.5) is 26.3 Å². The van der Waals surface area contributed by atoms with Crippen molar-refractivity contribution in [1.82, 2.24) is 4.98 Å². The van der Waals surface area contributed by atoms with Crippen LogP contribution >= 0.6 is 0 Å². The Hall–Kier alpha value is -1.65. The van der Waals surface area contributed by atoms with Crippen molar-refractivity contribution in [2.45, 2.75) is 25.2 Å². The summed E-state index contributed by atoms with van der Waals surface area (Å²) >= 11 is 0. The van der Waals surface area contributed by atoms with Gasteiger partial charge in [-0.25, -0.2) is 0 Å². The summed E-state index contributed by atoms with van der Waals surface area (Å²) in [5.74, 6) is 0. The van der Waals surface area contributed by atoms with Gasteiger partial charge < -0.3 is 4.98 Å². The van der Waals surface area contributed by atoms with E-state index in [1.807, 2.05) is 0 Å². The third-order valence-corrected chi connectivity index (χ3v) is 1.92. The van der Waals surface area contributed by atoms with Crippen LogP contribution in [0, 0.1) is 11.3 Å². The highest BCUT2D eigenvalue weighted by molar-refractivity contribution is 5.42. The Bertz CT molecular complexity index is 400. The van der Waals surface area contributed by atoms with Crippen molar-refractivity contribution in [3.63, 3.8) is 0 Å². The summed E-state index contributed by atoms with van der Waals surface area (Å²) < 4.78 is 72.3. The van der Waals surface area contributed by atoms with Gasteiger partial charge in [-0.05, 0) is 5.56 Å². The standard InChI is InChI=1S/C9H6F6N2/c10-8(11,12)1-5-4-17-7(6(5)3-16)2-9(13,14)15/h4,17H,1-2H2. The van der Waals surface area contributed by atoms with E-state index in [2.05, 4.69) is 4.98 Å². The molecule has 1 rings (SSSR count). The van der Waals surface area contributed by atoms with E-state index in [-0.39, 0.29) is 0 Å². The van der Waals surface area contributed by atoms with Crippen LogP contribution in [0.15, 0.2) is 6.20 Å². The molecule has 0 unspecified atom stereocenters. The van der Waals surface area contributed by atoms with Crippen molar-refractivity contribution in [2.24, 2.45) is 0 Å². The summed E-state index contributed by atoms with van der Waals surface area (Å²) in [5.41, 5.74) is -1.60. The van der Waals surface area contributed by atoms with Gasteiger partial charge in [-0.3, -0.25) is 0 Å². The monoisotopic (exact) mass is 256 g/mol. The fraction of sp³-hybridized carbons (Fsp3) is 0.444. The predicted molar refractivity (Wildman–Crippen MR) is 45.0 cm³/mol. The number of nitrogens with zero attached hydrogens (tertiary/aromatic N) is 1. The van der Waals surface area contributed by atoms with Crippen molar-refractivity contribution in [1.29, 1.82) is 5.26 Å². The van der Waals surface area contributed by atoms with E-state index >= 15 is 0 Å². The van der Waals surface area contributed by atoms with E-state index in [1.165, 1.54) is 6.07 Å². The predicted octanol–water partition coefficient (Wildman–Crippen LogP) is 3.10. The summed E-state index contributed by atoms with van der Waals surface area (Å²) in [6, 6.07) is 1.36. The van der Waals surface area contributed by atoms with Crippen LogP contribution in [-0.4, -0.2) is 17.3 Å².